The molecule has 0 atom stereocenters. The summed E-state index contributed by atoms with van der Waals surface area (Å²) >= 11 is 0. The van der Waals surface area contributed by atoms with Crippen LogP contribution in [0.25, 0.3) is 22.3 Å². The molecule has 0 saturated heterocycles. The maximum atomic E-state index is 11.4. The zero-order valence-corrected chi connectivity index (χ0v) is 22.6. The number of carboxylic acids is 2. The lowest BCUT2D eigenvalue weighted by Crippen LogP contribution is -2.12. The summed E-state index contributed by atoms with van der Waals surface area (Å²) in [7, 11) is 3.20. The van der Waals surface area contributed by atoms with Gasteiger partial charge in [0.15, 0.2) is 0 Å². The highest BCUT2D eigenvalue weighted by Crippen LogP contribution is 2.41. The van der Waals surface area contributed by atoms with Crippen molar-refractivity contribution in [2.75, 3.05) is 67.1 Å². The second-order valence-corrected chi connectivity index (χ2v) is 8.52. The topological polar surface area (TPSA) is 130 Å². The molecule has 0 aliphatic heterocycles. The van der Waals surface area contributed by atoms with E-state index in [-0.39, 0.29) is 24.3 Å². The van der Waals surface area contributed by atoms with Gasteiger partial charge in [-0.1, -0.05) is 24.3 Å². The molecule has 0 aliphatic carbocycles. The Morgan fingerprint density at radius 3 is 1.23 bits per heavy atom. The second kappa shape index (κ2) is 16.2. The lowest BCUT2D eigenvalue weighted by atomic mass is 9.96. The Hall–Kier alpha value is -3.96. The van der Waals surface area contributed by atoms with Crippen molar-refractivity contribution in [3.63, 3.8) is 0 Å². The lowest BCUT2D eigenvalue weighted by Gasteiger charge is -2.19. The summed E-state index contributed by atoms with van der Waals surface area (Å²) in [5.74, 6) is -0.985. The van der Waals surface area contributed by atoms with Gasteiger partial charge in [-0.15, -0.1) is 0 Å². The van der Waals surface area contributed by atoms with Crippen molar-refractivity contribution in [2.24, 2.45) is 0 Å². The standard InChI is InChI=1S/C30H34O10/c1-35-11-13-37-15-17-39-27-19-26(22-5-9-24(10-6-22)30(33)34)28(40-18-16-38-14-12-36-2)20-25(27)21-3-7-23(8-4-21)29(31)32/h3-10,19-20H,11-18H2,1-2H3,(H,31,32)(H,33,34). The fraction of sp³-hybridized carbons (Fsp3) is 0.333. The van der Waals surface area contributed by atoms with Crippen LogP contribution >= 0.6 is 0 Å². The van der Waals surface area contributed by atoms with Gasteiger partial charge in [0.05, 0.1) is 50.8 Å². The summed E-state index contributed by atoms with van der Waals surface area (Å²) in [6.45, 7) is 3.00. The van der Waals surface area contributed by atoms with Crippen molar-refractivity contribution < 1.29 is 48.2 Å². The lowest BCUT2D eigenvalue weighted by molar-refractivity contribution is 0.0540. The molecule has 0 heterocycles. The van der Waals surface area contributed by atoms with Gasteiger partial charge in [0, 0.05) is 25.3 Å². The molecule has 10 nitrogen and oxygen atoms in total. The number of aromatic carboxylic acids is 2. The largest absolute Gasteiger partial charge is 0.491 e. The van der Waals surface area contributed by atoms with Crippen molar-refractivity contribution in [2.45, 2.75) is 0 Å². The molecule has 0 aromatic heterocycles. The number of rotatable bonds is 18. The van der Waals surface area contributed by atoms with Gasteiger partial charge in [0.25, 0.3) is 0 Å². The van der Waals surface area contributed by atoms with Crippen molar-refractivity contribution in [1.82, 2.24) is 0 Å². The average molecular weight is 555 g/mol. The maximum Gasteiger partial charge on any atom is 0.335 e. The van der Waals surface area contributed by atoms with Crippen molar-refractivity contribution in [1.29, 1.82) is 0 Å². The molecule has 40 heavy (non-hydrogen) atoms. The molecule has 0 aliphatic rings. The summed E-state index contributed by atoms with van der Waals surface area (Å²) in [6, 6.07) is 16.6. The summed E-state index contributed by atoms with van der Waals surface area (Å²) in [6.07, 6.45) is 0. The third-order valence-electron chi connectivity index (χ3n) is 5.80. The fourth-order valence-corrected chi connectivity index (χ4v) is 3.74. The Kier molecular flexibility index (Phi) is 12.4. The minimum absolute atomic E-state index is 0.164. The normalized spacial score (nSPS) is 10.8. The molecule has 3 aromatic rings. The molecule has 10 heteroatoms. The Labute approximate surface area is 233 Å². The highest BCUT2D eigenvalue weighted by molar-refractivity contribution is 5.90. The fourth-order valence-electron chi connectivity index (χ4n) is 3.74. The van der Waals surface area contributed by atoms with E-state index in [0.717, 1.165) is 11.1 Å². The summed E-state index contributed by atoms with van der Waals surface area (Å²) < 4.78 is 33.3. The smallest absolute Gasteiger partial charge is 0.335 e. The van der Waals surface area contributed by atoms with E-state index in [1.165, 1.54) is 24.3 Å². The van der Waals surface area contributed by atoms with Crippen LogP contribution in [0.2, 0.25) is 0 Å². The van der Waals surface area contributed by atoms with E-state index < -0.39 is 11.9 Å². The molecule has 0 bridgehead atoms. The number of carboxylic acid groups (broad SMARTS) is 2. The first-order chi connectivity index (χ1) is 19.4. The van der Waals surface area contributed by atoms with E-state index in [1.54, 1.807) is 38.5 Å². The average Bonchev–Trinajstić information content (AvgIpc) is 2.97. The van der Waals surface area contributed by atoms with E-state index in [0.29, 0.717) is 62.3 Å². The molecule has 0 amide bonds. The first-order valence-corrected chi connectivity index (χ1v) is 12.7. The minimum Gasteiger partial charge on any atom is -0.491 e. The van der Waals surface area contributed by atoms with Crippen LogP contribution in [0, 0.1) is 0 Å². The Bertz CT molecular complexity index is 1130. The van der Waals surface area contributed by atoms with E-state index in [9.17, 15) is 19.8 Å². The van der Waals surface area contributed by atoms with Crippen molar-refractivity contribution >= 4 is 11.9 Å². The molecule has 0 unspecified atom stereocenters. The molecule has 3 rings (SSSR count). The van der Waals surface area contributed by atoms with Crippen LogP contribution < -0.4 is 9.47 Å². The van der Waals surface area contributed by atoms with Crippen molar-refractivity contribution in [3.8, 4) is 33.8 Å². The SMILES string of the molecule is COCCOCCOc1cc(-c2ccc(C(=O)O)cc2)c(OCCOCCOC)cc1-c1ccc(C(=O)O)cc1. The second-order valence-electron chi connectivity index (χ2n) is 8.52. The molecule has 0 saturated carbocycles. The number of hydrogen-bond acceptors (Lipinski definition) is 8. The zero-order valence-electron chi connectivity index (χ0n) is 22.6. The van der Waals surface area contributed by atoms with Crippen LogP contribution in [0.5, 0.6) is 11.5 Å². The van der Waals surface area contributed by atoms with E-state index >= 15 is 0 Å². The summed E-state index contributed by atoms with van der Waals surface area (Å²) in [5.41, 5.74) is 3.17. The summed E-state index contributed by atoms with van der Waals surface area (Å²) in [4.78, 5) is 22.8. The highest BCUT2D eigenvalue weighted by Gasteiger charge is 2.17. The van der Waals surface area contributed by atoms with Gasteiger partial charge in [-0.3, -0.25) is 0 Å². The van der Waals surface area contributed by atoms with Gasteiger partial charge in [-0.2, -0.15) is 0 Å². The zero-order chi connectivity index (χ0) is 28.7. The van der Waals surface area contributed by atoms with Crippen LogP contribution in [0.1, 0.15) is 20.7 Å². The van der Waals surface area contributed by atoms with Crippen LogP contribution in [0.3, 0.4) is 0 Å². The number of hydrogen-bond donors (Lipinski definition) is 2. The van der Waals surface area contributed by atoms with Gasteiger partial charge in [-0.05, 0) is 47.5 Å². The van der Waals surface area contributed by atoms with Crippen LogP contribution in [-0.4, -0.2) is 89.2 Å². The number of carbonyl (C=O) groups is 2. The monoisotopic (exact) mass is 554 g/mol. The van der Waals surface area contributed by atoms with E-state index in [1.807, 2.05) is 12.1 Å². The number of methoxy groups -OCH3 is 2. The predicted molar refractivity (Wildman–Crippen MR) is 148 cm³/mol. The van der Waals surface area contributed by atoms with Gasteiger partial charge < -0.3 is 38.6 Å². The predicted octanol–water partition coefficient (Wildman–Crippen LogP) is 4.50. The van der Waals surface area contributed by atoms with Gasteiger partial charge in [0.2, 0.25) is 0 Å². The molecule has 0 spiro atoms. The van der Waals surface area contributed by atoms with Crippen LogP contribution in [0.15, 0.2) is 60.7 Å². The molecule has 0 radical (unpaired) electrons. The molecule has 214 valence electrons. The first-order valence-electron chi connectivity index (χ1n) is 12.7. The Morgan fingerprint density at radius 1 is 0.550 bits per heavy atom. The van der Waals surface area contributed by atoms with E-state index in [4.69, 9.17) is 28.4 Å². The third kappa shape index (κ3) is 9.06. The van der Waals surface area contributed by atoms with E-state index in [2.05, 4.69) is 0 Å². The third-order valence-corrected chi connectivity index (χ3v) is 5.80. The van der Waals surface area contributed by atoms with Gasteiger partial charge in [0.1, 0.15) is 24.7 Å². The van der Waals surface area contributed by atoms with Crippen molar-refractivity contribution in [3.05, 3.63) is 71.8 Å². The summed E-state index contributed by atoms with van der Waals surface area (Å²) in [5, 5.41) is 18.6. The van der Waals surface area contributed by atoms with Gasteiger partial charge >= 0.3 is 11.9 Å². The highest BCUT2D eigenvalue weighted by atomic mass is 16.5. The molecule has 3 aromatic carbocycles. The van der Waals surface area contributed by atoms with Crippen LogP contribution in [-0.2, 0) is 18.9 Å². The molecular weight excluding hydrogens is 520 g/mol. The molecular formula is C30H34O10. The quantitative estimate of drug-likeness (QED) is 0.217. The number of benzene rings is 3. The molecule has 2 N–H and O–H groups in total. The van der Waals surface area contributed by atoms with Crippen LogP contribution in [0.4, 0.5) is 0 Å². The molecule has 0 fully saturated rings. The Morgan fingerprint density at radius 2 is 0.900 bits per heavy atom. The number of ether oxygens (including phenoxy) is 6. The van der Waals surface area contributed by atoms with Gasteiger partial charge in [-0.25, -0.2) is 9.59 Å². The Balaban J connectivity index is 1.98. The minimum atomic E-state index is -1.02. The maximum absolute atomic E-state index is 11.4. The first kappa shape index (κ1) is 30.6.